The summed E-state index contributed by atoms with van der Waals surface area (Å²) in [5.74, 6) is -6.53. The number of aliphatic hydroxyl groups is 1. The third kappa shape index (κ3) is 3.12. The normalized spacial score (nSPS) is 36.3. The highest BCUT2D eigenvalue weighted by Gasteiger charge is 2.49. The van der Waals surface area contributed by atoms with Crippen LogP contribution in [0.5, 0.6) is 0 Å². The van der Waals surface area contributed by atoms with E-state index in [9.17, 15) is 14.7 Å². The number of benzene rings is 1. The van der Waals surface area contributed by atoms with Crippen molar-refractivity contribution < 1.29 is 23.5 Å². The molecule has 0 heterocycles. The van der Waals surface area contributed by atoms with Crippen molar-refractivity contribution in [3.05, 3.63) is 35.9 Å². The summed E-state index contributed by atoms with van der Waals surface area (Å²) in [7, 11) is 1.04. The minimum Gasteiger partial charge on any atom is -0.469 e. The number of nitrogens with one attached hydrogen (secondary N) is 1. The van der Waals surface area contributed by atoms with E-state index in [4.69, 9.17) is 4.11 Å². The number of ether oxygens (including phenoxy) is 1. The summed E-state index contributed by atoms with van der Waals surface area (Å²) >= 11 is 0. The fraction of sp³-hybridized carbons (Fsp3) is 0.429. The van der Waals surface area contributed by atoms with Crippen molar-refractivity contribution in [1.29, 1.82) is 0 Å². The number of carbonyl (C=O) groups is 2. The van der Waals surface area contributed by atoms with Crippen molar-refractivity contribution in [3.8, 4) is 0 Å². The SMILES string of the molecule is [2H][13CH]1[C@]([2H])(C(=O)N[C@@H](CO)c2ccccc2)[C@@]1([2H])C(=O)OC. The maximum absolute atomic E-state index is 12.3. The minimum atomic E-state index is -2.25. The molecular formula is C14H17NO4. The first-order valence-corrected chi connectivity index (χ1v) is 5.81. The van der Waals surface area contributed by atoms with Crippen molar-refractivity contribution in [2.45, 2.75) is 12.4 Å². The summed E-state index contributed by atoms with van der Waals surface area (Å²) in [6.07, 6.45) is -1.54. The van der Waals surface area contributed by atoms with Gasteiger partial charge in [-0.05, 0) is 12.0 Å². The van der Waals surface area contributed by atoms with Crippen LogP contribution in [0, 0.1) is 11.8 Å². The fourth-order valence-electron chi connectivity index (χ4n) is 1.73. The Balaban J connectivity index is 2.17. The van der Waals surface area contributed by atoms with E-state index in [1.165, 1.54) is 0 Å². The molecular weight excluding hydrogens is 247 g/mol. The summed E-state index contributed by atoms with van der Waals surface area (Å²) in [5.41, 5.74) is 0.623. The fourth-order valence-corrected chi connectivity index (χ4v) is 1.73. The summed E-state index contributed by atoms with van der Waals surface area (Å²) in [6.45, 7) is -0.405. The third-order valence-electron chi connectivity index (χ3n) is 2.84. The largest absolute Gasteiger partial charge is 0.469 e. The lowest BCUT2D eigenvalue weighted by atomic mass is 10.1. The van der Waals surface area contributed by atoms with E-state index in [-0.39, 0.29) is 0 Å². The predicted octanol–water partition coefficient (Wildman–Crippen LogP) is 0.645. The average molecular weight is 267 g/mol. The van der Waals surface area contributed by atoms with Gasteiger partial charge >= 0.3 is 5.97 Å². The lowest BCUT2D eigenvalue weighted by Gasteiger charge is -2.16. The zero-order chi connectivity index (χ0) is 16.5. The van der Waals surface area contributed by atoms with E-state index in [1.54, 1.807) is 30.3 Å². The summed E-state index contributed by atoms with van der Waals surface area (Å²) < 4.78 is 28.0. The molecule has 5 nitrogen and oxygen atoms in total. The second kappa shape index (κ2) is 5.84. The molecule has 19 heavy (non-hydrogen) atoms. The van der Waals surface area contributed by atoms with Gasteiger partial charge < -0.3 is 15.2 Å². The molecule has 2 N–H and O–H groups in total. The first kappa shape index (κ1) is 9.97. The molecule has 0 radical (unpaired) electrons. The van der Waals surface area contributed by atoms with E-state index >= 15 is 0 Å². The van der Waals surface area contributed by atoms with Crippen molar-refractivity contribution in [3.63, 3.8) is 0 Å². The van der Waals surface area contributed by atoms with Gasteiger partial charge in [-0.3, -0.25) is 9.59 Å². The van der Waals surface area contributed by atoms with E-state index in [1.807, 2.05) is 0 Å². The number of aliphatic hydroxyl groups excluding tert-OH is 1. The number of esters is 1. The van der Waals surface area contributed by atoms with E-state index in [0.717, 1.165) is 7.11 Å². The number of methoxy groups -OCH3 is 1. The van der Waals surface area contributed by atoms with Crippen LogP contribution in [0.3, 0.4) is 0 Å². The minimum absolute atomic E-state index is 0.405. The molecule has 0 aliphatic heterocycles. The second-order valence-electron chi connectivity index (χ2n) is 4.08. The van der Waals surface area contributed by atoms with Crippen molar-refractivity contribution >= 4 is 11.9 Å². The van der Waals surface area contributed by atoms with Gasteiger partial charge in [0.05, 0.1) is 31.5 Å². The molecule has 1 saturated carbocycles. The molecule has 0 bridgehead atoms. The van der Waals surface area contributed by atoms with Crippen LogP contribution in [0.1, 0.15) is 22.1 Å². The Morgan fingerprint density at radius 1 is 1.53 bits per heavy atom. The smallest absolute Gasteiger partial charge is 0.309 e. The molecule has 0 aromatic heterocycles. The molecule has 1 aliphatic carbocycles. The maximum Gasteiger partial charge on any atom is 0.309 e. The molecule has 0 saturated heterocycles. The van der Waals surface area contributed by atoms with Gasteiger partial charge in [-0.2, -0.15) is 0 Å². The second-order valence-corrected chi connectivity index (χ2v) is 4.08. The first-order chi connectivity index (χ1) is 10.3. The van der Waals surface area contributed by atoms with Crippen molar-refractivity contribution in [2.24, 2.45) is 11.8 Å². The Kier molecular flexibility index (Phi) is 3.07. The highest BCUT2D eigenvalue weighted by molar-refractivity contribution is 5.90. The maximum atomic E-state index is 12.3. The Bertz CT molecular complexity index is 585. The molecule has 1 aromatic rings. The van der Waals surface area contributed by atoms with Gasteiger partial charge in [-0.15, -0.1) is 0 Å². The molecule has 2 rings (SSSR count). The molecule has 1 amide bonds. The van der Waals surface area contributed by atoms with Gasteiger partial charge in [0.2, 0.25) is 5.91 Å². The number of hydrogen-bond donors (Lipinski definition) is 2. The molecule has 1 fully saturated rings. The molecule has 1 aliphatic rings. The zero-order valence-corrected chi connectivity index (χ0v) is 10.4. The van der Waals surface area contributed by atoms with Crippen LogP contribution in [0.25, 0.3) is 0 Å². The standard InChI is InChI=1S/C14H17NO4/c1-19-14(18)11-7-10(11)13(17)15-12(8-16)9-5-3-2-4-6-9/h2-6,10-12,16H,7-8H2,1H3,(H,15,17)/t10-,11-,12-/m0/s1/i7+1D,10D,11D/t7?,10-,11-,12-. The average Bonchev–Trinajstić information content (AvgIpc) is 3.01. The molecule has 4 atom stereocenters. The number of hydrogen-bond acceptors (Lipinski definition) is 4. The molecule has 102 valence electrons. The highest BCUT2D eigenvalue weighted by Crippen LogP contribution is 2.39. The molecule has 1 unspecified atom stereocenters. The van der Waals surface area contributed by atoms with Gasteiger partial charge in [0.15, 0.2) is 0 Å². The third-order valence-corrected chi connectivity index (χ3v) is 2.84. The molecule has 5 heteroatoms. The van der Waals surface area contributed by atoms with Crippen LogP contribution in [-0.2, 0) is 14.3 Å². The van der Waals surface area contributed by atoms with Crippen LogP contribution in [0.4, 0.5) is 0 Å². The number of carbonyl (C=O) groups excluding carboxylic acids is 2. The van der Waals surface area contributed by atoms with E-state index in [2.05, 4.69) is 10.1 Å². The molecule has 0 spiro atoms. The van der Waals surface area contributed by atoms with Crippen LogP contribution < -0.4 is 5.32 Å². The van der Waals surface area contributed by atoms with Gasteiger partial charge in [0.25, 0.3) is 0 Å². The lowest BCUT2D eigenvalue weighted by molar-refractivity contribution is -0.143. The summed E-state index contributed by atoms with van der Waals surface area (Å²) in [5, 5.41) is 11.8. The summed E-state index contributed by atoms with van der Waals surface area (Å²) in [6, 6.07) is 7.85. The highest BCUT2D eigenvalue weighted by atomic mass is 16.5. The summed E-state index contributed by atoms with van der Waals surface area (Å²) in [4.78, 5) is 23.8. The Morgan fingerprint density at radius 3 is 2.79 bits per heavy atom. The Labute approximate surface area is 115 Å². The van der Waals surface area contributed by atoms with Gasteiger partial charge in [-0.1, -0.05) is 30.3 Å². The Hall–Kier alpha value is -1.88. The van der Waals surface area contributed by atoms with Gasteiger partial charge in [0.1, 0.15) is 0 Å². The number of rotatable bonds is 5. The van der Waals surface area contributed by atoms with Crippen molar-refractivity contribution in [2.75, 3.05) is 13.7 Å². The lowest BCUT2D eigenvalue weighted by Crippen LogP contribution is -2.32. The molecule has 1 aromatic carbocycles. The monoisotopic (exact) mass is 267 g/mol. The van der Waals surface area contributed by atoms with Gasteiger partial charge in [-0.25, -0.2) is 0 Å². The van der Waals surface area contributed by atoms with E-state index in [0.29, 0.717) is 5.56 Å². The number of amides is 1. The van der Waals surface area contributed by atoms with Gasteiger partial charge in [0, 0.05) is 4.11 Å². The zero-order valence-electron chi connectivity index (χ0n) is 13.4. The van der Waals surface area contributed by atoms with Crippen molar-refractivity contribution in [1.82, 2.24) is 5.32 Å². The van der Waals surface area contributed by atoms with Crippen LogP contribution in [0.15, 0.2) is 30.3 Å². The quantitative estimate of drug-likeness (QED) is 0.606. The first-order valence-electron chi connectivity index (χ1n) is 7.39. The van der Waals surface area contributed by atoms with E-state index < -0.39 is 42.7 Å². The van der Waals surface area contributed by atoms with Crippen LogP contribution in [-0.4, -0.2) is 30.7 Å². The Morgan fingerprint density at radius 2 is 2.21 bits per heavy atom. The predicted molar refractivity (Wildman–Crippen MR) is 68.0 cm³/mol. The van der Waals surface area contributed by atoms with Crippen LogP contribution in [0.2, 0.25) is 0 Å². The van der Waals surface area contributed by atoms with Crippen LogP contribution >= 0.6 is 0 Å². The topological polar surface area (TPSA) is 75.6 Å².